The third-order valence-corrected chi connectivity index (χ3v) is 3.48. The number of hydrogen-bond donors (Lipinski definition) is 0. The molecule has 1 saturated carbocycles. The van der Waals surface area contributed by atoms with Crippen LogP contribution in [0.4, 0.5) is 0 Å². The van der Waals surface area contributed by atoms with Crippen molar-refractivity contribution in [3.05, 3.63) is 22.9 Å². The number of imidazole rings is 1. The van der Waals surface area contributed by atoms with E-state index >= 15 is 0 Å². The first-order valence-corrected chi connectivity index (χ1v) is 6.38. The first-order chi connectivity index (χ1) is 8.75. The van der Waals surface area contributed by atoms with Crippen LogP contribution < -0.4 is 5.69 Å². The zero-order valence-corrected chi connectivity index (χ0v) is 10.2. The molecule has 3 rings (SSSR count). The summed E-state index contributed by atoms with van der Waals surface area (Å²) in [5, 5.41) is 0. The molecule has 2 heterocycles. The number of aromatic nitrogens is 2. The van der Waals surface area contributed by atoms with Gasteiger partial charge in [-0.05, 0) is 12.8 Å². The van der Waals surface area contributed by atoms with Gasteiger partial charge in [0.25, 0.3) is 0 Å². The van der Waals surface area contributed by atoms with Crippen LogP contribution >= 0.6 is 0 Å². The smallest absolute Gasteiger partial charge is 0.328 e. The fraction of sp³-hybridized carbons (Fsp3) is 0.667. The topological polar surface area (TPSA) is 56.5 Å². The van der Waals surface area contributed by atoms with Crippen LogP contribution in [0.1, 0.15) is 18.9 Å². The molecule has 1 aromatic rings. The van der Waals surface area contributed by atoms with Gasteiger partial charge in [0.1, 0.15) is 6.54 Å². The Bertz CT molecular complexity index is 495. The van der Waals surface area contributed by atoms with Crippen molar-refractivity contribution >= 4 is 5.91 Å². The summed E-state index contributed by atoms with van der Waals surface area (Å²) < 4.78 is 8.43. The Morgan fingerprint density at radius 2 is 2.00 bits per heavy atom. The second-order valence-corrected chi connectivity index (χ2v) is 4.84. The molecular weight excluding hydrogens is 234 g/mol. The van der Waals surface area contributed by atoms with Crippen LogP contribution in [-0.2, 0) is 16.1 Å². The van der Waals surface area contributed by atoms with Gasteiger partial charge in [-0.25, -0.2) is 4.79 Å². The molecule has 2 aliphatic rings. The summed E-state index contributed by atoms with van der Waals surface area (Å²) in [6, 6.07) is 0.359. The highest BCUT2D eigenvalue weighted by atomic mass is 16.5. The van der Waals surface area contributed by atoms with Gasteiger partial charge in [-0.3, -0.25) is 13.9 Å². The van der Waals surface area contributed by atoms with Crippen LogP contribution in [0.2, 0.25) is 0 Å². The van der Waals surface area contributed by atoms with Crippen molar-refractivity contribution in [1.82, 2.24) is 14.0 Å². The maximum atomic E-state index is 12.0. The van der Waals surface area contributed by atoms with E-state index in [0.717, 1.165) is 12.8 Å². The van der Waals surface area contributed by atoms with E-state index in [-0.39, 0.29) is 18.1 Å². The molecule has 2 fully saturated rings. The van der Waals surface area contributed by atoms with E-state index in [1.54, 1.807) is 21.9 Å². The monoisotopic (exact) mass is 251 g/mol. The second kappa shape index (κ2) is 4.61. The Morgan fingerprint density at radius 3 is 2.67 bits per heavy atom. The maximum Gasteiger partial charge on any atom is 0.328 e. The first kappa shape index (κ1) is 11.5. The molecule has 0 N–H and O–H groups in total. The molecule has 1 aromatic heterocycles. The normalized spacial score (nSPS) is 20.1. The van der Waals surface area contributed by atoms with Crippen molar-refractivity contribution < 1.29 is 9.53 Å². The van der Waals surface area contributed by atoms with Crippen LogP contribution in [0, 0.1) is 0 Å². The van der Waals surface area contributed by atoms with E-state index in [9.17, 15) is 9.59 Å². The molecule has 0 aromatic carbocycles. The van der Waals surface area contributed by atoms with E-state index < -0.39 is 0 Å². The number of carbonyl (C=O) groups is 1. The lowest BCUT2D eigenvalue weighted by Gasteiger charge is -2.26. The summed E-state index contributed by atoms with van der Waals surface area (Å²) in [5.41, 5.74) is -0.0703. The predicted octanol–water partition coefficient (Wildman–Crippen LogP) is -0.157. The van der Waals surface area contributed by atoms with Crippen LogP contribution in [0.3, 0.4) is 0 Å². The molecule has 18 heavy (non-hydrogen) atoms. The highest BCUT2D eigenvalue weighted by molar-refractivity contribution is 5.76. The quantitative estimate of drug-likeness (QED) is 0.750. The number of carbonyl (C=O) groups excluding carboxylic acids is 1. The molecule has 0 bridgehead atoms. The van der Waals surface area contributed by atoms with Crippen LogP contribution in [0.5, 0.6) is 0 Å². The summed E-state index contributed by atoms with van der Waals surface area (Å²) in [6.07, 6.45) is 5.63. The van der Waals surface area contributed by atoms with Crippen molar-refractivity contribution in [3.8, 4) is 0 Å². The zero-order chi connectivity index (χ0) is 12.5. The number of rotatable bonds is 3. The number of morpholine rings is 1. The fourth-order valence-corrected chi connectivity index (χ4v) is 2.24. The Morgan fingerprint density at radius 1 is 1.28 bits per heavy atom. The summed E-state index contributed by atoms with van der Waals surface area (Å²) in [4.78, 5) is 25.8. The first-order valence-electron chi connectivity index (χ1n) is 6.38. The van der Waals surface area contributed by atoms with E-state index in [4.69, 9.17) is 4.74 Å². The van der Waals surface area contributed by atoms with Gasteiger partial charge in [0.15, 0.2) is 0 Å². The highest BCUT2D eigenvalue weighted by Crippen LogP contribution is 2.33. The average Bonchev–Trinajstić information content (AvgIpc) is 3.17. The molecule has 6 nitrogen and oxygen atoms in total. The van der Waals surface area contributed by atoms with Gasteiger partial charge in [-0.1, -0.05) is 0 Å². The molecule has 0 unspecified atom stereocenters. The van der Waals surface area contributed by atoms with Gasteiger partial charge in [0.2, 0.25) is 5.91 Å². The second-order valence-electron chi connectivity index (χ2n) is 4.84. The summed E-state index contributed by atoms with van der Waals surface area (Å²) in [6.45, 7) is 2.56. The minimum absolute atomic E-state index is 0.00560. The molecule has 1 saturated heterocycles. The Labute approximate surface area is 105 Å². The molecule has 0 spiro atoms. The molecular formula is C12H17N3O3. The minimum atomic E-state index is -0.0703. The van der Waals surface area contributed by atoms with Gasteiger partial charge in [-0.2, -0.15) is 0 Å². The number of ether oxygens (including phenoxy) is 1. The third-order valence-electron chi connectivity index (χ3n) is 3.48. The molecule has 0 radical (unpaired) electrons. The van der Waals surface area contributed by atoms with Crippen LogP contribution in [0.25, 0.3) is 0 Å². The lowest BCUT2D eigenvalue weighted by Crippen LogP contribution is -2.43. The summed E-state index contributed by atoms with van der Waals surface area (Å²) >= 11 is 0. The predicted molar refractivity (Wildman–Crippen MR) is 64.4 cm³/mol. The average molecular weight is 251 g/mol. The third kappa shape index (κ3) is 2.20. The van der Waals surface area contributed by atoms with Gasteiger partial charge in [0, 0.05) is 31.5 Å². The lowest BCUT2D eigenvalue weighted by atomic mass is 10.4. The number of amides is 1. The van der Waals surface area contributed by atoms with E-state index in [0.29, 0.717) is 32.3 Å². The van der Waals surface area contributed by atoms with Crippen LogP contribution in [0.15, 0.2) is 17.2 Å². The van der Waals surface area contributed by atoms with Crippen molar-refractivity contribution in [1.29, 1.82) is 0 Å². The van der Waals surface area contributed by atoms with Crippen LogP contribution in [-0.4, -0.2) is 46.2 Å². The number of nitrogens with zero attached hydrogens (tertiary/aromatic N) is 3. The van der Waals surface area contributed by atoms with Gasteiger partial charge >= 0.3 is 5.69 Å². The standard InChI is InChI=1S/C12H17N3O3/c16-11(13-5-7-18-8-6-13)9-14-3-4-15(12(14)17)10-1-2-10/h3-4,10H,1-2,5-9H2. The summed E-state index contributed by atoms with van der Waals surface area (Å²) in [7, 11) is 0. The minimum Gasteiger partial charge on any atom is -0.378 e. The van der Waals surface area contributed by atoms with E-state index in [1.807, 2.05) is 0 Å². The number of hydrogen-bond acceptors (Lipinski definition) is 3. The molecule has 98 valence electrons. The summed E-state index contributed by atoms with van der Waals surface area (Å²) in [5.74, 6) is -0.00560. The van der Waals surface area contributed by atoms with Gasteiger partial charge in [0.05, 0.1) is 13.2 Å². The Kier molecular flexibility index (Phi) is 2.95. The van der Waals surface area contributed by atoms with Crippen molar-refractivity contribution in [2.45, 2.75) is 25.4 Å². The Hall–Kier alpha value is -1.56. The zero-order valence-electron chi connectivity index (χ0n) is 10.2. The van der Waals surface area contributed by atoms with Crippen molar-refractivity contribution in [2.24, 2.45) is 0 Å². The molecule has 0 atom stereocenters. The largest absolute Gasteiger partial charge is 0.378 e. The Balaban J connectivity index is 1.68. The van der Waals surface area contributed by atoms with Crippen molar-refractivity contribution in [3.63, 3.8) is 0 Å². The molecule has 6 heteroatoms. The SMILES string of the molecule is O=C(Cn1ccn(C2CC2)c1=O)N1CCOCC1. The van der Waals surface area contributed by atoms with E-state index in [1.165, 1.54) is 4.57 Å². The van der Waals surface area contributed by atoms with Crippen molar-refractivity contribution in [2.75, 3.05) is 26.3 Å². The molecule has 1 amide bonds. The highest BCUT2D eigenvalue weighted by Gasteiger charge is 2.26. The molecule has 1 aliphatic heterocycles. The maximum absolute atomic E-state index is 12.0. The van der Waals surface area contributed by atoms with Gasteiger partial charge < -0.3 is 9.64 Å². The fourth-order valence-electron chi connectivity index (χ4n) is 2.24. The van der Waals surface area contributed by atoms with Gasteiger partial charge in [-0.15, -0.1) is 0 Å². The lowest BCUT2D eigenvalue weighted by molar-refractivity contribution is -0.135. The molecule has 1 aliphatic carbocycles. The van der Waals surface area contributed by atoms with E-state index in [2.05, 4.69) is 0 Å².